The van der Waals surface area contributed by atoms with Gasteiger partial charge in [0.1, 0.15) is 4.32 Å². The first-order valence-electron chi connectivity index (χ1n) is 7.71. The maximum atomic E-state index is 12.5. The van der Waals surface area contributed by atoms with E-state index in [1.807, 2.05) is 0 Å². The summed E-state index contributed by atoms with van der Waals surface area (Å²) in [5.41, 5.74) is 3.23. The van der Waals surface area contributed by atoms with E-state index in [4.69, 9.17) is 12.2 Å². The third-order valence-corrected chi connectivity index (χ3v) is 5.91. The average Bonchev–Trinajstić information content (AvgIpc) is 3.03. The number of hydrogen-bond acceptors (Lipinski definition) is 3. The molecule has 0 unspecified atom stereocenters. The maximum Gasteiger partial charge on any atom is 0.174 e. The van der Waals surface area contributed by atoms with Crippen molar-refractivity contribution in [2.24, 2.45) is 0 Å². The van der Waals surface area contributed by atoms with Gasteiger partial charge in [-0.2, -0.15) is 0 Å². The van der Waals surface area contributed by atoms with Crippen LogP contribution in [0.25, 0.3) is 0 Å². The van der Waals surface area contributed by atoms with Crippen molar-refractivity contribution in [3.63, 3.8) is 0 Å². The van der Waals surface area contributed by atoms with Crippen molar-refractivity contribution < 1.29 is 4.79 Å². The molecule has 1 aliphatic carbocycles. The normalized spacial score (nSPS) is 18.3. The molecular weight excluding hydrogens is 300 g/mol. The van der Waals surface area contributed by atoms with Gasteiger partial charge in [0.2, 0.25) is 0 Å². The molecule has 1 saturated carbocycles. The van der Waals surface area contributed by atoms with Crippen molar-refractivity contribution in [3.05, 3.63) is 23.0 Å². The SMILES string of the molecule is Cc1cc(C(=O)CSC(=S)N2CCCC2)c(C)n1C1CC1. The first-order valence-corrected chi connectivity index (χ1v) is 9.10. The molecule has 1 aromatic heterocycles. The summed E-state index contributed by atoms with van der Waals surface area (Å²) in [6.07, 6.45) is 4.93. The Balaban J connectivity index is 1.62. The Hall–Kier alpha value is -0.810. The van der Waals surface area contributed by atoms with Crippen LogP contribution in [-0.4, -0.2) is 38.4 Å². The van der Waals surface area contributed by atoms with E-state index >= 15 is 0 Å². The largest absolute Gasteiger partial charge is 0.358 e. The molecule has 0 spiro atoms. The first-order chi connectivity index (χ1) is 10.1. The lowest BCUT2D eigenvalue weighted by molar-refractivity contribution is 0.102. The molecule has 0 radical (unpaired) electrons. The van der Waals surface area contributed by atoms with Crippen LogP contribution < -0.4 is 0 Å². The molecular formula is C16H22N2OS2. The molecule has 0 amide bonds. The van der Waals surface area contributed by atoms with Crippen LogP contribution in [0.3, 0.4) is 0 Å². The summed E-state index contributed by atoms with van der Waals surface area (Å²) in [7, 11) is 0. The predicted molar refractivity (Wildman–Crippen MR) is 92.4 cm³/mol. The molecule has 2 fully saturated rings. The molecule has 1 saturated heterocycles. The number of hydrogen-bond donors (Lipinski definition) is 0. The Morgan fingerprint density at radius 2 is 2.00 bits per heavy atom. The highest BCUT2D eigenvalue weighted by atomic mass is 32.2. The molecule has 1 aliphatic heterocycles. The van der Waals surface area contributed by atoms with Gasteiger partial charge < -0.3 is 9.47 Å². The summed E-state index contributed by atoms with van der Waals surface area (Å²) in [5.74, 6) is 0.672. The molecule has 0 bridgehead atoms. The molecule has 114 valence electrons. The zero-order chi connectivity index (χ0) is 15.0. The van der Waals surface area contributed by atoms with Gasteiger partial charge in [0.25, 0.3) is 0 Å². The average molecular weight is 322 g/mol. The number of thiocarbonyl (C=S) groups is 1. The fraction of sp³-hybridized carbons (Fsp3) is 0.625. The number of rotatable bonds is 4. The van der Waals surface area contributed by atoms with E-state index in [0.29, 0.717) is 11.8 Å². The monoisotopic (exact) mass is 322 g/mol. The number of aromatic nitrogens is 1. The molecule has 5 heteroatoms. The van der Waals surface area contributed by atoms with Crippen molar-refractivity contribution in [2.45, 2.75) is 45.6 Å². The van der Waals surface area contributed by atoms with Gasteiger partial charge in [0, 0.05) is 36.1 Å². The Bertz CT molecular complexity index is 569. The predicted octanol–water partition coefficient (Wildman–Crippen LogP) is 3.74. The van der Waals surface area contributed by atoms with Crippen molar-refractivity contribution in [1.29, 1.82) is 0 Å². The molecule has 0 atom stereocenters. The highest BCUT2D eigenvalue weighted by Gasteiger charge is 2.28. The Labute approximate surface area is 136 Å². The molecule has 0 N–H and O–H groups in total. The van der Waals surface area contributed by atoms with E-state index in [9.17, 15) is 4.79 Å². The van der Waals surface area contributed by atoms with Crippen LogP contribution in [0.4, 0.5) is 0 Å². The zero-order valence-corrected chi connectivity index (χ0v) is 14.4. The van der Waals surface area contributed by atoms with Crippen LogP contribution in [-0.2, 0) is 0 Å². The third kappa shape index (κ3) is 3.19. The van der Waals surface area contributed by atoms with Gasteiger partial charge in [-0.1, -0.05) is 24.0 Å². The van der Waals surface area contributed by atoms with Crippen LogP contribution in [0.1, 0.15) is 53.5 Å². The summed E-state index contributed by atoms with van der Waals surface area (Å²) in [6, 6.07) is 2.68. The minimum Gasteiger partial charge on any atom is -0.358 e. The molecule has 3 rings (SSSR count). The minimum absolute atomic E-state index is 0.210. The third-order valence-electron chi connectivity index (χ3n) is 4.39. The highest BCUT2D eigenvalue weighted by molar-refractivity contribution is 8.23. The second-order valence-corrected chi connectivity index (χ2v) is 7.67. The molecule has 1 aromatic rings. The summed E-state index contributed by atoms with van der Waals surface area (Å²) < 4.78 is 3.22. The topological polar surface area (TPSA) is 25.2 Å². The van der Waals surface area contributed by atoms with E-state index in [2.05, 4.69) is 29.4 Å². The Morgan fingerprint density at radius 1 is 1.33 bits per heavy atom. The second-order valence-electron chi connectivity index (χ2n) is 6.06. The number of aryl methyl sites for hydroxylation is 1. The Kier molecular flexibility index (Phi) is 4.41. The zero-order valence-electron chi connectivity index (χ0n) is 12.7. The van der Waals surface area contributed by atoms with Crippen molar-refractivity contribution in [3.8, 4) is 0 Å². The standard InChI is InChI=1S/C16H22N2OS2/c1-11-9-14(12(2)18(11)13-5-6-13)15(19)10-21-16(20)17-7-3-4-8-17/h9,13H,3-8,10H2,1-2H3. The number of carbonyl (C=O) groups is 1. The second kappa shape index (κ2) is 6.13. The summed E-state index contributed by atoms with van der Waals surface area (Å²) >= 11 is 6.95. The lowest BCUT2D eigenvalue weighted by Gasteiger charge is -2.17. The number of likely N-dealkylation sites (tertiary alicyclic amines) is 1. The van der Waals surface area contributed by atoms with Gasteiger partial charge >= 0.3 is 0 Å². The molecule has 0 aromatic carbocycles. The van der Waals surface area contributed by atoms with Gasteiger partial charge in [0.15, 0.2) is 5.78 Å². The number of Topliss-reactive ketones (excluding diaryl/α,β-unsaturated/α-hetero) is 1. The fourth-order valence-corrected chi connectivity index (χ4v) is 4.28. The summed E-state index contributed by atoms with van der Waals surface area (Å²) in [5, 5.41) is 0. The summed E-state index contributed by atoms with van der Waals surface area (Å²) in [4.78, 5) is 14.7. The molecule has 2 heterocycles. The van der Waals surface area contributed by atoms with Gasteiger partial charge in [-0.3, -0.25) is 4.79 Å². The number of nitrogens with zero attached hydrogens (tertiary/aromatic N) is 2. The quantitative estimate of drug-likeness (QED) is 0.623. The minimum atomic E-state index is 0.210. The highest BCUT2D eigenvalue weighted by Crippen LogP contribution is 2.38. The number of ketones is 1. The number of thioether (sulfide) groups is 1. The van der Waals surface area contributed by atoms with Crippen LogP contribution in [0.15, 0.2) is 6.07 Å². The lowest BCUT2D eigenvalue weighted by atomic mass is 10.2. The van der Waals surface area contributed by atoms with E-state index in [-0.39, 0.29) is 5.78 Å². The van der Waals surface area contributed by atoms with Gasteiger partial charge in [-0.25, -0.2) is 0 Å². The lowest BCUT2D eigenvalue weighted by Crippen LogP contribution is -2.24. The Morgan fingerprint density at radius 3 is 2.62 bits per heavy atom. The fourth-order valence-electron chi connectivity index (χ4n) is 3.15. The van der Waals surface area contributed by atoms with Crippen molar-refractivity contribution >= 4 is 34.1 Å². The van der Waals surface area contributed by atoms with Crippen molar-refractivity contribution in [2.75, 3.05) is 18.8 Å². The van der Waals surface area contributed by atoms with Gasteiger partial charge in [-0.05, 0) is 45.6 Å². The van der Waals surface area contributed by atoms with Crippen LogP contribution >= 0.6 is 24.0 Å². The van der Waals surface area contributed by atoms with E-state index in [0.717, 1.165) is 28.7 Å². The van der Waals surface area contributed by atoms with Crippen LogP contribution in [0.5, 0.6) is 0 Å². The van der Waals surface area contributed by atoms with Crippen molar-refractivity contribution in [1.82, 2.24) is 9.47 Å². The van der Waals surface area contributed by atoms with Gasteiger partial charge in [-0.15, -0.1) is 0 Å². The molecule has 2 aliphatic rings. The van der Waals surface area contributed by atoms with Gasteiger partial charge in [0.05, 0.1) is 5.75 Å². The molecule has 21 heavy (non-hydrogen) atoms. The van der Waals surface area contributed by atoms with E-state index in [1.165, 1.54) is 43.1 Å². The van der Waals surface area contributed by atoms with E-state index < -0.39 is 0 Å². The maximum absolute atomic E-state index is 12.5. The molecule has 3 nitrogen and oxygen atoms in total. The smallest absolute Gasteiger partial charge is 0.174 e. The van der Waals surface area contributed by atoms with Crippen LogP contribution in [0.2, 0.25) is 0 Å². The summed E-state index contributed by atoms with van der Waals surface area (Å²) in [6.45, 7) is 6.28. The van der Waals surface area contributed by atoms with Crippen LogP contribution in [0, 0.1) is 13.8 Å². The first kappa shape index (κ1) is 15.1. The van der Waals surface area contributed by atoms with E-state index in [1.54, 1.807) is 0 Å². The number of carbonyl (C=O) groups excluding carboxylic acids is 1.